The minimum atomic E-state index is -0.911. The molecule has 2 rings (SSSR count). The Balaban J connectivity index is 2.37. The molecule has 0 saturated carbocycles. The van der Waals surface area contributed by atoms with E-state index in [9.17, 15) is 5.11 Å². The first-order valence-corrected chi connectivity index (χ1v) is 5.61. The van der Waals surface area contributed by atoms with Crippen LogP contribution in [0.15, 0.2) is 54.6 Å². The molecule has 1 heteroatoms. The van der Waals surface area contributed by atoms with Crippen molar-refractivity contribution in [2.24, 2.45) is 0 Å². The highest BCUT2D eigenvalue weighted by Crippen LogP contribution is 2.16. The van der Waals surface area contributed by atoms with Crippen LogP contribution in [-0.4, -0.2) is 5.11 Å². The zero-order valence-electron chi connectivity index (χ0n) is 9.80. The van der Waals surface area contributed by atoms with Gasteiger partial charge in [-0.15, -0.1) is 6.42 Å². The fraction of sp³-hybridized carbons (Fsp3) is 0.0588. The van der Waals surface area contributed by atoms with Gasteiger partial charge >= 0.3 is 0 Å². The van der Waals surface area contributed by atoms with Crippen molar-refractivity contribution in [1.82, 2.24) is 0 Å². The molecule has 2 aromatic rings. The summed E-state index contributed by atoms with van der Waals surface area (Å²) in [7, 11) is 0. The van der Waals surface area contributed by atoms with Crippen LogP contribution in [0.5, 0.6) is 0 Å². The number of hydrogen-bond donors (Lipinski definition) is 1. The highest BCUT2D eigenvalue weighted by Gasteiger charge is 2.06. The van der Waals surface area contributed by atoms with E-state index in [2.05, 4.69) is 17.8 Å². The van der Waals surface area contributed by atoms with E-state index in [0.717, 1.165) is 11.1 Å². The van der Waals surface area contributed by atoms with Gasteiger partial charge in [-0.05, 0) is 18.2 Å². The Labute approximate surface area is 107 Å². The summed E-state index contributed by atoms with van der Waals surface area (Å²) in [4.78, 5) is 0. The van der Waals surface area contributed by atoms with Crippen molar-refractivity contribution in [1.29, 1.82) is 0 Å². The monoisotopic (exact) mass is 232 g/mol. The normalized spacial score (nSPS) is 10.9. The SMILES string of the molecule is C#CC(O)c1ccccc1C#Cc1ccccc1. The van der Waals surface area contributed by atoms with E-state index in [0.29, 0.717) is 5.56 Å². The summed E-state index contributed by atoms with van der Waals surface area (Å²) in [6.07, 6.45) is 4.32. The number of rotatable bonds is 1. The van der Waals surface area contributed by atoms with E-state index < -0.39 is 6.10 Å². The van der Waals surface area contributed by atoms with Gasteiger partial charge in [0.05, 0.1) is 0 Å². The molecular formula is C17H12O. The van der Waals surface area contributed by atoms with E-state index in [4.69, 9.17) is 6.42 Å². The Kier molecular flexibility index (Phi) is 3.82. The molecule has 1 atom stereocenters. The van der Waals surface area contributed by atoms with Crippen molar-refractivity contribution in [3.63, 3.8) is 0 Å². The maximum absolute atomic E-state index is 9.70. The Bertz CT molecular complexity index is 624. The predicted octanol–water partition coefficient (Wildman–Crippen LogP) is 2.75. The van der Waals surface area contributed by atoms with Crippen molar-refractivity contribution < 1.29 is 5.11 Å². The standard InChI is InChI=1S/C17H12O/c1-2-17(18)16-11-7-6-10-15(16)13-12-14-8-4-3-5-9-14/h1,3-11,17-18H. The minimum absolute atomic E-state index is 0.670. The quantitative estimate of drug-likeness (QED) is 0.750. The highest BCUT2D eigenvalue weighted by atomic mass is 16.3. The highest BCUT2D eigenvalue weighted by molar-refractivity contribution is 5.48. The molecule has 0 bridgehead atoms. The third kappa shape index (κ3) is 2.80. The first-order chi connectivity index (χ1) is 8.81. The first-order valence-electron chi connectivity index (χ1n) is 5.61. The minimum Gasteiger partial charge on any atom is -0.376 e. The van der Waals surface area contributed by atoms with Crippen LogP contribution in [0.1, 0.15) is 22.8 Å². The smallest absolute Gasteiger partial charge is 0.141 e. The van der Waals surface area contributed by atoms with Crippen LogP contribution in [0.4, 0.5) is 0 Å². The predicted molar refractivity (Wildman–Crippen MR) is 72.7 cm³/mol. The van der Waals surface area contributed by atoms with Crippen LogP contribution < -0.4 is 0 Å². The molecule has 0 saturated heterocycles. The summed E-state index contributed by atoms with van der Waals surface area (Å²) in [5, 5.41) is 9.70. The van der Waals surface area contributed by atoms with Gasteiger partial charge in [0, 0.05) is 16.7 Å². The molecule has 0 aromatic heterocycles. The first kappa shape index (κ1) is 12.0. The topological polar surface area (TPSA) is 20.2 Å². The number of benzene rings is 2. The zero-order valence-corrected chi connectivity index (χ0v) is 9.80. The van der Waals surface area contributed by atoms with Crippen molar-refractivity contribution in [2.45, 2.75) is 6.10 Å². The van der Waals surface area contributed by atoms with Gasteiger partial charge in [0.1, 0.15) is 6.10 Å². The Morgan fingerprint density at radius 1 is 0.889 bits per heavy atom. The van der Waals surface area contributed by atoms with E-state index in [-0.39, 0.29) is 0 Å². The van der Waals surface area contributed by atoms with E-state index in [1.165, 1.54) is 0 Å². The van der Waals surface area contributed by atoms with Gasteiger partial charge in [-0.25, -0.2) is 0 Å². The van der Waals surface area contributed by atoms with Gasteiger partial charge in [-0.1, -0.05) is 54.2 Å². The van der Waals surface area contributed by atoms with Gasteiger partial charge in [0.15, 0.2) is 0 Å². The van der Waals surface area contributed by atoms with Crippen LogP contribution in [0.25, 0.3) is 0 Å². The second-order valence-electron chi connectivity index (χ2n) is 3.77. The summed E-state index contributed by atoms with van der Waals surface area (Å²) in [5.41, 5.74) is 2.36. The van der Waals surface area contributed by atoms with Gasteiger partial charge in [0.2, 0.25) is 0 Å². The molecule has 0 amide bonds. The van der Waals surface area contributed by atoms with Crippen LogP contribution >= 0.6 is 0 Å². The number of aliphatic hydroxyl groups is 1. The molecule has 1 N–H and O–H groups in total. The zero-order chi connectivity index (χ0) is 12.8. The summed E-state index contributed by atoms with van der Waals surface area (Å²) >= 11 is 0. The molecule has 1 unspecified atom stereocenters. The lowest BCUT2D eigenvalue weighted by Gasteiger charge is -2.05. The third-order valence-electron chi connectivity index (χ3n) is 2.53. The second kappa shape index (κ2) is 5.73. The van der Waals surface area contributed by atoms with Gasteiger partial charge in [0.25, 0.3) is 0 Å². The maximum atomic E-state index is 9.70. The molecule has 0 fully saturated rings. The number of terminal acetylenes is 1. The van der Waals surface area contributed by atoms with Gasteiger partial charge in [-0.2, -0.15) is 0 Å². The molecule has 2 aromatic carbocycles. The number of aliphatic hydroxyl groups excluding tert-OH is 1. The summed E-state index contributed by atoms with van der Waals surface area (Å²) < 4.78 is 0. The van der Waals surface area contributed by atoms with Crippen LogP contribution in [0, 0.1) is 24.2 Å². The Morgan fingerprint density at radius 2 is 1.56 bits per heavy atom. The molecule has 0 heterocycles. The molecule has 18 heavy (non-hydrogen) atoms. The molecule has 1 nitrogen and oxygen atoms in total. The fourth-order valence-electron chi connectivity index (χ4n) is 1.60. The lowest BCUT2D eigenvalue weighted by Crippen LogP contribution is -1.96. The van der Waals surface area contributed by atoms with Crippen molar-refractivity contribution in [3.05, 3.63) is 71.3 Å². The third-order valence-corrected chi connectivity index (χ3v) is 2.53. The largest absolute Gasteiger partial charge is 0.376 e. The Hall–Kier alpha value is -2.48. The lowest BCUT2D eigenvalue weighted by molar-refractivity contribution is 0.238. The van der Waals surface area contributed by atoms with Crippen LogP contribution in [0.2, 0.25) is 0 Å². The van der Waals surface area contributed by atoms with Crippen LogP contribution in [0.3, 0.4) is 0 Å². The van der Waals surface area contributed by atoms with Crippen molar-refractivity contribution >= 4 is 0 Å². The van der Waals surface area contributed by atoms with E-state index in [1.54, 1.807) is 6.07 Å². The molecule has 86 valence electrons. The molecule has 0 radical (unpaired) electrons. The summed E-state index contributed by atoms with van der Waals surface area (Å²) in [5.74, 6) is 8.40. The van der Waals surface area contributed by atoms with E-state index >= 15 is 0 Å². The van der Waals surface area contributed by atoms with Gasteiger partial charge < -0.3 is 5.11 Å². The average Bonchev–Trinajstić information content (AvgIpc) is 2.45. The summed E-state index contributed by atoms with van der Waals surface area (Å²) in [6, 6.07) is 17.1. The molecule has 0 aliphatic rings. The van der Waals surface area contributed by atoms with Crippen LogP contribution in [-0.2, 0) is 0 Å². The Morgan fingerprint density at radius 3 is 2.28 bits per heavy atom. The summed E-state index contributed by atoms with van der Waals surface area (Å²) in [6.45, 7) is 0. The average molecular weight is 232 g/mol. The van der Waals surface area contributed by atoms with Crippen molar-refractivity contribution in [3.8, 4) is 24.2 Å². The second-order valence-corrected chi connectivity index (χ2v) is 3.77. The molecule has 0 aliphatic heterocycles. The molecule has 0 aliphatic carbocycles. The van der Waals surface area contributed by atoms with Gasteiger partial charge in [-0.3, -0.25) is 0 Å². The number of hydrogen-bond acceptors (Lipinski definition) is 1. The molecule has 0 spiro atoms. The van der Waals surface area contributed by atoms with E-state index in [1.807, 2.05) is 48.5 Å². The maximum Gasteiger partial charge on any atom is 0.141 e. The van der Waals surface area contributed by atoms with Crippen molar-refractivity contribution in [2.75, 3.05) is 0 Å². The molecular weight excluding hydrogens is 220 g/mol. The fourth-order valence-corrected chi connectivity index (χ4v) is 1.60. The lowest BCUT2D eigenvalue weighted by atomic mass is 10.0.